The van der Waals surface area contributed by atoms with Crippen molar-refractivity contribution in [1.29, 1.82) is 0 Å². The van der Waals surface area contributed by atoms with Crippen LogP contribution in [0.5, 0.6) is 5.75 Å². The number of nitrogens with zero attached hydrogens (tertiary/aromatic N) is 3. The molecule has 0 radical (unpaired) electrons. The zero-order valence-electron chi connectivity index (χ0n) is 20.4. The summed E-state index contributed by atoms with van der Waals surface area (Å²) in [6, 6.07) is 20.6. The highest BCUT2D eigenvalue weighted by atomic mass is 32.2. The summed E-state index contributed by atoms with van der Waals surface area (Å²) in [4.78, 5) is 27.6. The van der Waals surface area contributed by atoms with Crippen molar-refractivity contribution in [3.05, 3.63) is 103 Å². The Hall–Kier alpha value is -4.64. The number of pyridine rings is 1. The van der Waals surface area contributed by atoms with Crippen LogP contribution >= 0.6 is 11.8 Å². The quantitative estimate of drug-likeness (QED) is 0.223. The summed E-state index contributed by atoms with van der Waals surface area (Å²) in [5.74, 6) is 0.645. The Morgan fingerprint density at radius 3 is 2.51 bits per heavy atom. The number of anilines is 3. The van der Waals surface area contributed by atoms with Gasteiger partial charge in [-0.15, -0.1) is 0 Å². The van der Waals surface area contributed by atoms with Gasteiger partial charge in [-0.2, -0.15) is 13.2 Å². The van der Waals surface area contributed by atoms with Gasteiger partial charge in [0.25, 0.3) is 5.91 Å². The molecule has 0 saturated heterocycles. The van der Waals surface area contributed by atoms with Crippen molar-refractivity contribution in [2.45, 2.75) is 16.0 Å². The third kappa shape index (κ3) is 6.10. The highest BCUT2D eigenvalue weighted by molar-refractivity contribution is 7.99. The van der Waals surface area contributed by atoms with Gasteiger partial charge >= 0.3 is 6.18 Å². The van der Waals surface area contributed by atoms with Crippen LogP contribution in [-0.2, 0) is 6.18 Å². The van der Waals surface area contributed by atoms with Crippen LogP contribution < -0.4 is 15.4 Å². The minimum absolute atomic E-state index is 0.0360. The van der Waals surface area contributed by atoms with Crippen molar-refractivity contribution >= 4 is 45.9 Å². The lowest BCUT2D eigenvalue weighted by molar-refractivity contribution is -0.137. The van der Waals surface area contributed by atoms with Crippen LogP contribution in [-0.4, -0.2) is 28.0 Å². The van der Waals surface area contributed by atoms with Gasteiger partial charge in [0, 0.05) is 27.2 Å². The van der Waals surface area contributed by atoms with Crippen LogP contribution in [0.4, 0.5) is 30.4 Å². The summed E-state index contributed by atoms with van der Waals surface area (Å²) < 4.78 is 44.6. The van der Waals surface area contributed by atoms with Crippen molar-refractivity contribution in [3.8, 4) is 5.75 Å². The monoisotopic (exact) mass is 547 g/mol. The second-order valence-electron chi connectivity index (χ2n) is 8.24. The maximum Gasteiger partial charge on any atom is 0.416 e. The molecule has 2 heterocycles. The molecule has 0 aliphatic carbocycles. The summed E-state index contributed by atoms with van der Waals surface area (Å²) >= 11 is 1.45. The third-order valence-electron chi connectivity index (χ3n) is 5.64. The molecule has 196 valence electrons. The van der Waals surface area contributed by atoms with Gasteiger partial charge in [0.15, 0.2) is 5.65 Å². The molecule has 0 unspecified atom stereocenters. The van der Waals surface area contributed by atoms with E-state index in [2.05, 4.69) is 25.6 Å². The molecule has 2 aromatic heterocycles. The number of benzene rings is 3. The standard InChI is InChI=1S/C28H20F3N5O2S/c1-38-20-8-10-21(11-9-20)39-24-12-7-17(27(37)35-19-5-2-4-18(15-19)28(29,30)31)14-23(24)36-26-22-6-3-13-32-25(22)33-16-34-26/h2-16H,1H3,(H,35,37)(H,32,33,34,36). The second kappa shape index (κ2) is 11.0. The average molecular weight is 548 g/mol. The third-order valence-corrected chi connectivity index (χ3v) is 6.72. The summed E-state index contributed by atoms with van der Waals surface area (Å²) in [5.41, 5.74) is 0.492. The number of rotatable bonds is 7. The molecule has 0 atom stereocenters. The van der Waals surface area contributed by atoms with E-state index in [4.69, 9.17) is 4.74 Å². The molecule has 0 spiro atoms. The Morgan fingerprint density at radius 2 is 1.74 bits per heavy atom. The van der Waals surface area contributed by atoms with Gasteiger partial charge in [-0.3, -0.25) is 4.79 Å². The van der Waals surface area contributed by atoms with E-state index in [0.29, 0.717) is 22.5 Å². The number of nitrogens with one attached hydrogen (secondary N) is 2. The Kier molecular flexibility index (Phi) is 7.33. The molecule has 11 heteroatoms. The molecule has 5 aromatic rings. The van der Waals surface area contributed by atoms with E-state index in [9.17, 15) is 18.0 Å². The number of carbonyl (C=O) groups excluding carboxylic acids is 1. The molecule has 1 amide bonds. The Morgan fingerprint density at radius 1 is 0.923 bits per heavy atom. The lowest BCUT2D eigenvalue weighted by atomic mass is 10.1. The van der Waals surface area contributed by atoms with E-state index in [1.807, 2.05) is 30.3 Å². The smallest absolute Gasteiger partial charge is 0.416 e. The van der Waals surface area contributed by atoms with Crippen LogP contribution in [0.25, 0.3) is 11.0 Å². The van der Waals surface area contributed by atoms with Gasteiger partial charge in [0.1, 0.15) is 17.9 Å². The molecule has 0 fully saturated rings. The van der Waals surface area contributed by atoms with E-state index in [1.54, 1.807) is 37.6 Å². The number of amides is 1. The molecule has 3 aromatic carbocycles. The van der Waals surface area contributed by atoms with E-state index in [-0.39, 0.29) is 11.3 Å². The first-order chi connectivity index (χ1) is 18.8. The minimum Gasteiger partial charge on any atom is -0.497 e. The summed E-state index contributed by atoms with van der Waals surface area (Å²) in [7, 11) is 1.59. The van der Waals surface area contributed by atoms with Gasteiger partial charge in [0.05, 0.1) is 23.7 Å². The fraction of sp³-hybridized carbons (Fsp3) is 0.0714. The molecule has 0 bridgehead atoms. The number of fused-ring (bicyclic) bond motifs is 1. The largest absolute Gasteiger partial charge is 0.497 e. The van der Waals surface area contributed by atoms with E-state index < -0.39 is 17.6 Å². The van der Waals surface area contributed by atoms with E-state index >= 15 is 0 Å². The lowest BCUT2D eigenvalue weighted by Gasteiger charge is -2.15. The molecule has 2 N–H and O–H groups in total. The Labute approximate surface area is 225 Å². The number of hydrogen-bond acceptors (Lipinski definition) is 7. The Bertz CT molecular complexity index is 1640. The van der Waals surface area contributed by atoms with Crippen LogP contribution in [0.2, 0.25) is 0 Å². The second-order valence-corrected chi connectivity index (χ2v) is 9.36. The van der Waals surface area contributed by atoms with Gasteiger partial charge in [-0.25, -0.2) is 15.0 Å². The van der Waals surface area contributed by atoms with Crippen LogP contribution in [0.15, 0.2) is 101 Å². The first-order valence-electron chi connectivity index (χ1n) is 11.6. The van der Waals surface area contributed by atoms with Crippen molar-refractivity contribution in [3.63, 3.8) is 0 Å². The predicted octanol–water partition coefficient (Wildman–Crippen LogP) is 7.20. The van der Waals surface area contributed by atoms with E-state index in [1.165, 1.54) is 30.2 Å². The average Bonchev–Trinajstić information content (AvgIpc) is 2.94. The zero-order valence-corrected chi connectivity index (χ0v) is 21.2. The SMILES string of the molecule is COc1ccc(Sc2ccc(C(=O)Nc3cccc(C(F)(F)F)c3)cc2Nc2ncnc3ncccc23)cc1. The molecular weight excluding hydrogens is 527 g/mol. The molecule has 7 nitrogen and oxygen atoms in total. The molecular formula is C28H20F3N5O2S. The number of ether oxygens (including phenoxy) is 1. The number of carbonyl (C=O) groups is 1. The zero-order chi connectivity index (χ0) is 27.4. The minimum atomic E-state index is -4.52. The van der Waals surface area contributed by atoms with Gasteiger partial charge in [0.2, 0.25) is 0 Å². The molecule has 0 aliphatic rings. The number of halogens is 3. The summed E-state index contributed by atoms with van der Waals surface area (Å²) in [5, 5.41) is 6.51. The summed E-state index contributed by atoms with van der Waals surface area (Å²) in [6.07, 6.45) is -1.51. The topological polar surface area (TPSA) is 89.0 Å². The van der Waals surface area contributed by atoms with Crippen molar-refractivity contribution in [2.75, 3.05) is 17.7 Å². The highest BCUT2D eigenvalue weighted by Crippen LogP contribution is 2.37. The van der Waals surface area contributed by atoms with Gasteiger partial charge < -0.3 is 15.4 Å². The number of aromatic nitrogens is 3. The fourth-order valence-electron chi connectivity index (χ4n) is 3.73. The first kappa shape index (κ1) is 26.0. The summed E-state index contributed by atoms with van der Waals surface area (Å²) in [6.45, 7) is 0. The molecule has 0 aliphatic heterocycles. The Balaban J connectivity index is 1.49. The predicted molar refractivity (Wildman–Crippen MR) is 144 cm³/mol. The van der Waals surface area contributed by atoms with Crippen LogP contribution in [0.1, 0.15) is 15.9 Å². The van der Waals surface area contributed by atoms with Crippen molar-refractivity contribution < 1.29 is 22.7 Å². The highest BCUT2D eigenvalue weighted by Gasteiger charge is 2.30. The fourth-order valence-corrected chi connectivity index (χ4v) is 4.61. The van der Waals surface area contributed by atoms with Crippen molar-refractivity contribution in [2.24, 2.45) is 0 Å². The lowest BCUT2D eigenvalue weighted by Crippen LogP contribution is -2.13. The van der Waals surface area contributed by atoms with Crippen LogP contribution in [0, 0.1) is 0 Å². The first-order valence-corrected chi connectivity index (χ1v) is 12.4. The number of alkyl halides is 3. The number of methoxy groups -OCH3 is 1. The molecule has 0 saturated carbocycles. The maximum absolute atomic E-state index is 13.1. The van der Waals surface area contributed by atoms with Gasteiger partial charge in [-0.05, 0) is 72.8 Å². The van der Waals surface area contributed by atoms with Crippen LogP contribution in [0.3, 0.4) is 0 Å². The number of hydrogen-bond donors (Lipinski definition) is 2. The van der Waals surface area contributed by atoms with Crippen molar-refractivity contribution in [1.82, 2.24) is 15.0 Å². The normalized spacial score (nSPS) is 11.3. The van der Waals surface area contributed by atoms with E-state index in [0.717, 1.165) is 27.7 Å². The molecule has 5 rings (SSSR count). The molecule has 39 heavy (non-hydrogen) atoms. The maximum atomic E-state index is 13.1. The van der Waals surface area contributed by atoms with Gasteiger partial charge in [-0.1, -0.05) is 17.8 Å².